The van der Waals surface area contributed by atoms with Crippen LogP contribution in [-0.4, -0.2) is 43.8 Å². The number of nitrogens with two attached hydrogens (primary N) is 1. The van der Waals surface area contributed by atoms with E-state index < -0.39 is 0 Å². The molecule has 0 aromatic heterocycles. The molecule has 0 spiro atoms. The van der Waals surface area contributed by atoms with Crippen LogP contribution in [0.3, 0.4) is 0 Å². The highest BCUT2D eigenvalue weighted by Crippen LogP contribution is 2.24. The lowest BCUT2D eigenvalue weighted by Gasteiger charge is -2.34. The fourth-order valence-corrected chi connectivity index (χ4v) is 2.67. The molecule has 0 aromatic carbocycles. The van der Waals surface area contributed by atoms with Crippen LogP contribution in [0.4, 0.5) is 0 Å². The van der Waals surface area contributed by atoms with Crippen LogP contribution in [0.25, 0.3) is 0 Å². The number of likely N-dealkylation sites (tertiary alicyclic amines) is 1. The number of nitrogens with zero attached hydrogens (tertiary/aromatic N) is 1. The first kappa shape index (κ1) is 14.9. The molecular weight excluding hydrogens is 212 g/mol. The third kappa shape index (κ3) is 5.36. The van der Waals surface area contributed by atoms with Crippen molar-refractivity contribution in [2.45, 2.75) is 46.1 Å². The van der Waals surface area contributed by atoms with Gasteiger partial charge in [0, 0.05) is 19.7 Å². The van der Waals surface area contributed by atoms with Crippen molar-refractivity contribution in [3.8, 4) is 0 Å². The molecule has 1 rings (SSSR count). The second-order valence-electron chi connectivity index (χ2n) is 5.52. The summed E-state index contributed by atoms with van der Waals surface area (Å²) in [5, 5.41) is 0. The van der Waals surface area contributed by atoms with Crippen LogP contribution < -0.4 is 5.73 Å². The summed E-state index contributed by atoms with van der Waals surface area (Å²) in [4.78, 5) is 2.57. The molecule has 0 radical (unpaired) electrons. The second-order valence-corrected chi connectivity index (χ2v) is 5.52. The van der Waals surface area contributed by atoms with Crippen molar-refractivity contribution >= 4 is 0 Å². The minimum atomic E-state index is 0.253. The molecule has 3 heteroatoms. The van der Waals surface area contributed by atoms with E-state index in [0.29, 0.717) is 6.54 Å². The largest absolute Gasteiger partial charge is 0.377 e. The Bertz CT molecular complexity index is 189. The van der Waals surface area contributed by atoms with Gasteiger partial charge in [-0.15, -0.1) is 0 Å². The van der Waals surface area contributed by atoms with Crippen LogP contribution in [-0.2, 0) is 4.74 Å². The summed E-state index contributed by atoms with van der Waals surface area (Å²) in [6, 6.07) is 0. The predicted molar refractivity (Wildman–Crippen MR) is 73.1 cm³/mol. The van der Waals surface area contributed by atoms with Crippen LogP contribution >= 0.6 is 0 Å². The molecule has 1 heterocycles. The highest BCUT2D eigenvalue weighted by molar-refractivity contribution is 4.75. The van der Waals surface area contributed by atoms with Gasteiger partial charge < -0.3 is 15.4 Å². The molecule has 0 amide bonds. The molecule has 0 aromatic rings. The number of piperidine rings is 1. The molecule has 1 fully saturated rings. The van der Waals surface area contributed by atoms with Crippen LogP contribution in [0.2, 0.25) is 0 Å². The normalized spacial score (nSPS) is 21.0. The van der Waals surface area contributed by atoms with Gasteiger partial charge >= 0.3 is 0 Å². The van der Waals surface area contributed by atoms with E-state index in [-0.39, 0.29) is 6.10 Å². The molecule has 0 aliphatic carbocycles. The zero-order chi connectivity index (χ0) is 12.7. The third-order valence-electron chi connectivity index (χ3n) is 4.01. The van der Waals surface area contributed by atoms with E-state index in [2.05, 4.69) is 18.7 Å². The fourth-order valence-electron chi connectivity index (χ4n) is 2.67. The van der Waals surface area contributed by atoms with Crippen LogP contribution in [0.15, 0.2) is 0 Å². The maximum Gasteiger partial charge on any atom is 0.0709 e. The van der Waals surface area contributed by atoms with Crippen molar-refractivity contribution in [2.24, 2.45) is 17.6 Å². The predicted octanol–water partition coefficient (Wildman–Crippen LogP) is 2.11. The third-order valence-corrected chi connectivity index (χ3v) is 4.01. The summed E-state index contributed by atoms with van der Waals surface area (Å²) in [5.74, 6) is 1.78. The Hall–Kier alpha value is -0.120. The van der Waals surface area contributed by atoms with Crippen molar-refractivity contribution in [1.29, 1.82) is 0 Å². The maximum absolute atomic E-state index is 5.69. The molecule has 1 aliphatic heterocycles. The average molecular weight is 242 g/mol. The highest BCUT2D eigenvalue weighted by atomic mass is 16.5. The first-order valence-electron chi connectivity index (χ1n) is 7.21. The van der Waals surface area contributed by atoms with E-state index in [1.54, 1.807) is 0 Å². The molecule has 1 aliphatic rings. The first-order chi connectivity index (χ1) is 8.17. The number of rotatable bonds is 7. The van der Waals surface area contributed by atoms with Gasteiger partial charge in [0.05, 0.1) is 6.10 Å². The van der Waals surface area contributed by atoms with Crippen molar-refractivity contribution in [3.63, 3.8) is 0 Å². The Labute approximate surface area is 107 Å². The van der Waals surface area contributed by atoms with Crippen molar-refractivity contribution < 1.29 is 4.74 Å². The molecule has 1 atom stereocenters. The van der Waals surface area contributed by atoms with Gasteiger partial charge in [-0.25, -0.2) is 0 Å². The summed E-state index contributed by atoms with van der Waals surface area (Å²) < 4.78 is 5.59. The van der Waals surface area contributed by atoms with Crippen molar-refractivity contribution in [3.05, 3.63) is 0 Å². The Kier molecular flexibility index (Phi) is 7.09. The molecule has 0 bridgehead atoms. The Balaban J connectivity index is 2.17. The molecule has 17 heavy (non-hydrogen) atoms. The lowest BCUT2D eigenvalue weighted by molar-refractivity contribution is 0.0492. The molecule has 3 nitrogen and oxygen atoms in total. The zero-order valence-corrected chi connectivity index (χ0v) is 11.8. The smallest absolute Gasteiger partial charge is 0.0709 e. The SMILES string of the molecule is CCOC(CN)CCN1CCC(C(C)C)CC1. The standard InChI is InChI=1S/C14H30N2O/c1-4-17-14(11-15)7-10-16-8-5-13(6-9-16)12(2)3/h12-14H,4-11,15H2,1-3H3. The van der Waals surface area contributed by atoms with Gasteiger partial charge in [0.25, 0.3) is 0 Å². The van der Waals surface area contributed by atoms with Crippen molar-refractivity contribution in [1.82, 2.24) is 4.90 Å². The fraction of sp³-hybridized carbons (Fsp3) is 1.00. The lowest BCUT2D eigenvalue weighted by Crippen LogP contribution is -2.38. The van der Waals surface area contributed by atoms with Gasteiger partial charge in [-0.3, -0.25) is 0 Å². The van der Waals surface area contributed by atoms with Crippen molar-refractivity contribution in [2.75, 3.05) is 32.8 Å². The quantitative estimate of drug-likeness (QED) is 0.743. The number of hydrogen-bond donors (Lipinski definition) is 1. The molecular formula is C14H30N2O. The van der Waals surface area contributed by atoms with Gasteiger partial charge in [-0.1, -0.05) is 13.8 Å². The van der Waals surface area contributed by atoms with E-state index in [1.165, 1.54) is 25.9 Å². The maximum atomic E-state index is 5.69. The minimum absolute atomic E-state index is 0.253. The van der Waals surface area contributed by atoms with Crippen LogP contribution in [0.1, 0.15) is 40.0 Å². The second kappa shape index (κ2) is 8.06. The van der Waals surface area contributed by atoms with Gasteiger partial charge in [0.2, 0.25) is 0 Å². The van der Waals surface area contributed by atoms with E-state index >= 15 is 0 Å². The Morgan fingerprint density at radius 2 is 1.94 bits per heavy atom. The Morgan fingerprint density at radius 1 is 1.29 bits per heavy atom. The van der Waals surface area contributed by atoms with E-state index in [0.717, 1.165) is 31.4 Å². The lowest BCUT2D eigenvalue weighted by atomic mass is 9.87. The summed E-state index contributed by atoms with van der Waals surface area (Å²) >= 11 is 0. The van der Waals surface area contributed by atoms with E-state index in [4.69, 9.17) is 10.5 Å². The topological polar surface area (TPSA) is 38.5 Å². The van der Waals surface area contributed by atoms with Gasteiger partial charge in [0.15, 0.2) is 0 Å². The Morgan fingerprint density at radius 3 is 2.41 bits per heavy atom. The molecule has 102 valence electrons. The summed E-state index contributed by atoms with van der Waals surface area (Å²) in [7, 11) is 0. The summed E-state index contributed by atoms with van der Waals surface area (Å²) in [5.41, 5.74) is 5.69. The van der Waals surface area contributed by atoms with Gasteiger partial charge in [-0.05, 0) is 51.1 Å². The number of hydrogen-bond acceptors (Lipinski definition) is 3. The minimum Gasteiger partial charge on any atom is -0.377 e. The van der Waals surface area contributed by atoms with Crippen LogP contribution in [0.5, 0.6) is 0 Å². The van der Waals surface area contributed by atoms with E-state index in [9.17, 15) is 0 Å². The number of ether oxygens (including phenoxy) is 1. The van der Waals surface area contributed by atoms with Gasteiger partial charge in [0.1, 0.15) is 0 Å². The first-order valence-corrected chi connectivity index (χ1v) is 7.21. The summed E-state index contributed by atoms with van der Waals surface area (Å²) in [6.45, 7) is 11.8. The van der Waals surface area contributed by atoms with Gasteiger partial charge in [-0.2, -0.15) is 0 Å². The molecule has 2 N–H and O–H groups in total. The highest BCUT2D eigenvalue weighted by Gasteiger charge is 2.21. The summed E-state index contributed by atoms with van der Waals surface area (Å²) in [6.07, 6.45) is 4.05. The average Bonchev–Trinajstić information content (AvgIpc) is 2.35. The molecule has 1 saturated heterocycles. The molecule has 1 unspecified atom stereocenters. The molecule has 0 saturated carbocycles. The van der Waals surface area contributed by atoms with E-state index in [1.807, 2.05) is 6.92 Å². The monoisotopic (exact) mass is 242 g/mol. The van der Waals surface area contributed by atoms with Crippen LogP contribution in [0, 0.1) is 11.8 Å². The zero-order valence-electron chi connectivity index (χ0n) is 11.8.